The van der Waals surface area contributed by atoms with E-state index in [2.05, 4.69) is 10.3 Å². The first-order valence-electron chi connectivity index (χ1n) is 6.08. The van der Waals surface area contributed by atoms with E-state index in [9.17, 15) is 4.39 Å². The van der Waals surface area contributed by atoms with Crippen molar-refractivity contribution in [3.05, 3.63) is 29.8 Å². The Kier molecular flexibility index (Phi) is 2.59. The second kappa shape index (κ2) is 4.11. The summed E-state index contributed by atoms with van der Waals surface area (Å²) in [5.74, 6) is 0.830. The lowest BCUT2D eigenvalue weighted by Crippen LogP contribution is -2.25. The first-order chi connectivity index (χ1) is 8.24. The maximum absolute atomic E-state index is 13.2. The predicted octanol–water partition coefficient (Wildman–Crippen LogP) is 2.01. The average Bonchev–Trinajstić information content (AvgIpc) is 2.91. The second-order valence-electron chi connectivity index (χ2n) is 4.72. The normalized spacial score (nSPS) is 20.2. The van der Waals surface area contributed by atoms with Gasteiger partial charge in [-0.25, -0.2) is 9.37 Å². The van der Waals surface area contributed by atoms with E-state index in [1.54, 1.807) is 12.1 Å². The molecule has 1 aliphatic heterocycles. The molecule has 1 saturated heterocycles. The molecule has 1 fully saturated rings. The Morgan fingerprint density at radius 1 is 1.53 bits per heavy atom. The molecule has 0 radical (unpaired) electrons. The maximum Gasteiger partial charge on any atom is 0.125 e. The fraction of sp³-hybridized carbons (Fsp3) is 0.462. The molecule has 1 aromatic heterocycles. The van der Waals surface area contributed by atoms with Gasteiger partial charge in [0.25, 0.3) is 0 Å². The number of halogens is 1. The number of nitrogens with zero attached hydrogens (tertiary/aromatic N) is 2. The van der Waals surface area contributed by atoms with Crippen LogP contribution in [-0.4, -0.2) is 22.1 Å². The summed E-state index contributed by atoms with van der Waals surface area (Å²) in [6.45, 7) is 1.10. The molecule has 1 atom stereocenters. The molecular formula is C13H16FN3. The molecule has 0 aliphatic carbocycles. The minimum Gasteiger partial charge on any atom is -0.331 e. The van der Waals surface area contributed by atoms with Gasteiger partial charge in [-0.2, -0.15) is 0 Å². The Morgan fingerprint density at radius 3 is 3.18 bits per heavy atom. The van der Waals surface area contributed by atoms with E-state index in [0.717, 1.165) is 29.8 Å². The summed E-state index contributed by atoms with van der Waals surface area (Å²) in [5, 5.41) is 3.46. The van der Waals surface area contributed by atoms with Crippen LogP contribution in [0.2, 0.25) is 0 Å². The van der Waals surface area contributed by atoms with Crippen LogP contribution in [0.5, 0.6) is 0 Å². The molecule has 17 heavy (non-hydrogen) atoms. The van der Waals surface area contributed by atoms with Crippen LogP contribution in [0.1, 0.15) is 18.7 Å². The maximum atomic E-state index is 13.2. The van der Waals surface area contributed by atoms with Crippen LogP contribution in [0.15, 0.2) is 18.2 Å². The zero-order valence-corrected chi connectivity index (χ0v) is 9.91. The number of benzene rings is 1. The van der Waals surface area contributed by atoms with Crippen LogP contribution in [-0.2, 0) is 13.5 Å². The number of imidazole rings is 1. The highest BCUT2D eigenvalue weighted by Gasteiger charge is 2.18. The highest BCUT2D eigenvalue weighted by atomic mass is 19.1. The number of nitrogens with one attached hydrogen (secondary N) is 1. The molecule has 0 amide bonds. The molecule has 3 nitrogen and oxygen atoms in total. The lowest BCUT2D eigenvalue weighted by atomic mass is 10.1. The topological polar surface area (TPSA) is 29.9 Å². The number of fused-ring (bicyclic) bond motifs is 1. The van der Waals surface area contributed by atoms with Gasteiger partial charge in [-0.05, 0) is 37.6 Å². The highest BCUT2D eigenvalue weighted by molar-refractivity contribution is 5.75. The van der Waals surface area contributed by atoms with Crippen molar-refractivity contribution in [2.45, 2.75) is 25.3 Å². The van der Waals surface area contributed by atoms with Crippen molar-refractivity contribution >= 4 is 11.0 Å². The van der Waals surface area contributed by atoms with Crippen LogP contribution >= 0.6 is 0 Å². The molecule has 0 bridgehead atoms. The third kappa shape index (κ3) is 1.93. The smallest absolute Gasteiger partial charge is 0.125 e. The van der Waals surface area contributed by atoms with Crippen molar-refractivity contribution in [2.75, 3.05) is 6.54 Å². The number of rotatable bonds is 2. The summed E-state index contributed by atoms with van der Waals surface area (Å²) in [6, 6.07) is 5.28. The van der Waals surface area contributed by atoms with Gasteiger partial charge in [0.2, 0.25) is 0 Å². The Bertz CT molecular complexity index is 541. The van der Waals surface area contributed by atoms with Crippen molar-refractivity contribution < 1.29 is 4.39 Å². The van der Waals surface area contributed by atoms with Gasteiger partial charge in [0.15, 0.2) is 0 Å². The largest absolute Gasteiger partial charge is 0.331 e. The Morgan fingerprint density at radius 2 is 2.41 bits per heavy atom. The molecule has 1 aliphatic rings. The molecule has 2 aromatic rings. The molecule has 2 heterocycles. The number of aryl methyl sites for hydroxylation is 1. The first-order valence-corrected chi connectivity index (χ1v) is 6.08. The van der Waals surface area contributed by atoms with Crippen LogP contribution in [0.3, 0.4) is 0 Å². The van der Waals surface area contributed by atoms with E-state index >= 15 is 0 Å². The number of hydrogen-bond acceptors (Lipinski definition) is 2. The molecule has 0 spiro atoms. The van der Waals surface area contributed by atoms with Gasteiger partial charge in [0.05, 0.1) is 11.0 Å². The number of aromatic nitrogens is 2. The predicted molar refractivity (Wildman–Crippen MR) is 65.4 cm³/mol. The van der Waals surface area contributed by atoms with Crippen molar-refractivity contribution in [1.82, 2.24) is 14.9 Å². The van der Waals surface area contributed by atoms with E-state index in [1.807, 2.05) is 11.6 Å². The standard InChI is InChI=1S/C13H16FN3/c1-17-12-7-9(14)4-5-11(12)16-13(17)8-10-3-2-6-15-10/h4-5,7,10,15H,2-3,6,8H2,1H3. The average molecular weight is 233 g/mol. The van der Waals surface area contributed by atoms with Gasteiger partial charge in [0.1, 0.15) is 11.6 Å². The van der Waals surface area contributed by atoms with Crippen LogP contribution in [0.4, 0.5) is 4.39 Å². The molecule has 1 unspecified atom stereocenters. The molecule has 1 N–H and O–H groups in total. The van der Waals surface area contributed by atoms with E-state index in [0.29, 0.717) is 6.04 Å². The van der Waals surface area contributed by atoms with E-state index in [-0.39, 0.29) is 5.82 Å². The zero-order valence-electron chi connectivity index (χ0n) is 9.91. The van der Waals surface area contributed by atoms with Crippen LogP contribution in [0.25, 0.3) is 11.0 Å². The van der Waals surface area contributed by atoms with Gasteiger partial charge in [-0.15, -0.1) is 0 Å². The number of hydrogen-bond donors (Lipinski definition) is 1. The molecular weight excluding hydrogens is 217 g/mol. The quantitative estimate of drug-likeness (QED) is 0.860. The minimum absolute atomic E-state index is 0.203. The third-order valence-corrected chi connectivity index (χ3v) is 3.53. The van der Waals surface area contributed by atoms with Crippen molar-refractivity contribution in [3.8, 4) is 0 Å². The molecule has 3 rings (SSSR count). The van der Waals surface area contributed by atoms with Gasteiger partial charge in [0, 0.05) is 19.5 Å². The zero-order chi connectivity index (χ0) is 11.8. The SMILES string of the molecule is Cn1c(CC2CCCN2)nc2ccc(F)cc21. The summed E-state index contributed by atoms with van der Waals surface area (Å²) in [6.07, 6.45) is 3.37. The summed E-state index contributed by atoms with van der Waals surface area (Å²) >= 11 is 0. The van der Waals surface area contributed by atoms with Gasteiger partial charge < -0.3 is 9.88 Å². The second-order valence-corrected chi connectivity index (χ2v) is 4.72. The lowest BCUT2D eigenvalue weighted by molar-refractivity contribution is 0.575. The first kappa shape index (κ1) is 10.7. The Hall–Kier alpha value is -1.42. The summed E-state index contributed by atoms with van der Waals surface area (Å²) in [7, 11) is 1.96. The summed E-state index contributed by atoms with van der Waals surface area (Å²) < 4.78 is 15.2. The fourth-order valence-electron chi connectivity index (χ4n) is 2.55. The molecule has 1 aromatic carbocycles. The van der Waals surface area contributed by atoms with E-state index in [4.69, 9.17) is 0 Å². The van der Waals surface area contributed by atoms with Crippen molar-refractivity contribution in [3.63, 3.8) is 0 Å². The van der Waals surface area contributed by atoms with E-state index < -0.39 is 0 Å². The summed E-state index contributed by atoms with van der Waals surface area (Å²) in [4.78, 5) is 4.57. The molecule has 90 valence electrons. The Labute approximate surface area is 99.7 Å². The highest BCUT2D eigenvalue weighted by Crippen LogP contribution is 2.18. The van der Waals surface area contributed by atoms with Crippen molar-refractivity contribution in [2.24, 2.45) is 7.05 Å². The molecule has 0 saturated carbocycles. The van der Waals surface area contributed by atoms with Gasteiger partial charge in [-0.1, -0.05) is 0 Å². The third-order valence-electron chi connectivity index (χ3n) is 3.53. The monoisotopic (exact) mass is 233 g/mol. The molecule has 4 heteroatoms. The van der Waals surface area contributed by atoms with Crippen molar-refractivity contribution in [1.29, 1.82) is 0 Å². The van der Waals surface area contributed by atoms with Gasteiger partial charge >= 0.3 is 0 Å². The fourth-order valence-corrected chi connectivity index (χ4v) is 2.55. The lowest BCUT2D eigenvalue weighted by Gasteiger charge is -2.09. The van der Waals surface area contributed by atoms with Crippen LogP contribution in [0, 0.1) is 5.82 Å². The Balaban J connectivity index is 1.96. The van der Waals surface area contributed by atoms with Gasteiger partial charge in [-0.3, -0.25) is 0 Å². The minimum atomic E-state index is -0.203. The summed E-state index contributed by atoms with van der Waals surface area (Å²) in [5.41, 5.74) is 1.75. The van der Waals surface area contributed by atoms with E-state index in [1.165, 1.54) is 18.9 Å². The van der Waals surface area contributed by atoms with Crippen LogP contribution < -0.4 is 5.32 Å².